The Kier molecular flexibility index (Phi) is 6.40. The molecule has 3 fully saturated rings. The Hall–Kier alpha value is -1.46. The smallest absolute Gasteiger partial charge is 0.223 e. The number of pyridine rings is 1. The van der Waals surface area contributed by atoms with Crippen LogP contribution in [0.15, 0.2) is 24.5 Å². The molecule has 0 unspecified atom stereocenters. The zero-order valence-corrected chi connectivity index (χ0v) is 16.5. The van der Waals surface area contributed by atoms with Crippen LogP contribution in [0, 0.1) is 11.8 Å². The number of nitrogens with zero attached hydrogens (tertiary/aromatic N) is 3. The number of nitrogens with one attached hydrogen (secondary N) is 1. The van der Waals surface area contributed by atoms with Crippen molar-refractivity contribution in [3.05, 3.63) is 30.1 Å². The van der Waals surface area contributed by atoms with Crippen molar-refractivity contribution in [2.45, 2.75) is 57.5 Å². The summed E-state index contributed by atoms with van der Waals surface area (Å²) in [7, 11) is 0. The van der Waals surface area contributed by atoms with Crippen LogP contribution in [0.3, 0.4) is 0 Å². The molecule has 0 atom stereocenters. The molecule has 0 spiro atoms. The van der Waals surface area contributed by atoms with E-state index in [1.54, 1.807) is 6.20 Å². The van der Waals surface area contributed by atoms with E-state index in [0.717, 1.165) is 43.5 Å². The molecule has 1 aromatic rings. The summed E-state index contributed by atoms with van der Waals surface area (Å²) >= 11 is 0. The lowest BCUT2D eigenvalue weighted by Gasteiger charge is -2.43. The average Bonchev–Trinajstić information content (AvgIpc) is 2.70. The molecule has 2 aliphatic heterocycles. The molecule has 2 saturated heterocycles. The van der Waals surface area contributed by atoms with Gasteiger partial charge in [-0.05, 0) is 82.3 Å². The van der Waals surface area contributed by atoms with Gasteiger partial charge in [-0.25, -0.2) is 0 Å². The van der Waals surface area contributed by atoms with Crippen molar-refractivity contribution >= 4 is 5.91 Å². The van der Waals surface area contributed by atoms with Gasteiger partial charge in [-0.1, -0.05) is 12.5 Å². The molecule has 1 amide bonds. The highest BCUT2D eigenvalue weighted by Gasteiger charge is 2.31. The first-order valence-corrected chi connectivity index (χ1v) is 10.9. The molecule has 27 heavy (non-hydrogen) atoms. The Balaban J connectivity index is 1.15. The number of aromatic nitrogens is 1. The Labute approximate surface area is 163 Å². The topological polar surface area (TPSA) is 48.5 Å². The standard InChI is InChI=1S/C22H34N4O/c27-22(24-16-19-5-2-10-23-15-19)20-6-13-26(14-7-20)21-8-11-25(12-9-21)17-18-3-1-4-18/h2,5,10,15,18,20-21H,1,3-4,6-9,11-14,16-17H2,(H,24,27). The van der Waals surface area contributed by atoms with Gasteiger partial charge in [0.2, 0.25) is 5.91 Å². The molecule has 148 valence electrons. The maximum Gasteiger partial charge on any atom is 0.223 e. The monoisotopic (exact) mass is 370 g/mol. The summed E-state index contributed by atoms with van der Waals surface area (Å²) < 4.78 is 0. The fourth-order valence-corrected chi connectivity index (χ4v) is 4.87. The van der Waals surface area contributed by atoms with Crippen LogP contribution >= 0.6 is 0 Å². The van der Waals surface area contributed by atoms with Gasteiger partial charge in [-0.3, -0.25) is 9.78 Å². The summed E-state index contributed by atoms with van der Waals surface area (Å²) in [5.74, 6) is 1.38. The number of likely N-dealkylation sites (tertiary alicyclic amines) is 2. The van der Waals surface area contributed by atoms with E-state index in [4.69, 9.17) is 0 Å². The van der Waals surface area contributed by atoms with Crippen LogP contribution in [0.1, 0.15) is 50.5 Å². The number of carbonyl (C=O) groups is 1. The predicted octanol–water partition coefficient (Wildman–Crippen LogP) is 2.67. The molecule has 0 radical (unpaired) electrons. The molecule has 0 bridgehead atoms. The van der Waals surface area contributed by atoms with E-state index in [9.17, 15) is 4.79 Å². The van der Waals surface area contributed by atoms with Crippen LogP contribution in [0.5, 0.6) is 0 Å². The maximum atomic E-state index is 12.5. The number of amides is 1. The lowest BCUT2D eigenvalue weighted by Crippen LogP contribution is -2.50. The summed E-state index contributed by atoms with van der Waals surface area (Å²) in [5, 5.41) is 3.09. The van der Waals surface area contributed by atoms with Crippen molar-refractivity contribution in [3.8, 4) is 0 Å². The second-order valence-corrected chi connectivity index (χ2v) is 8.72. The van der Waals surface area contributed by atoms with Gasteiger partial charge in [0.15, 0.2) is 0 Å². The van der Waals surface area contributed by atoms with Crippen LogP contribution in [0.2, 0.25) is 0 Å². The zero-order chi connectivity index (χ0) is 18.5. The Morgan fingerprint density at radius 1 is 1.07 bits per heavy atom. The first-order chi connectivity index (χ1) is 13.3. The fraction of sp³-hybridized carbons (Fsp3) is 0.727. The summed E-state index contributed by atoms with van der Waals surface area (Å²) in [6, 6.07) is 4.66. The van der Waals surface area contributed by atoms with Crippen LogP contribution in [-0.2, 0) is 11.3 Å². The molecule has 1 N–H and O–H groups in total. The van der Waals surface area contributed by atoms with Gasteiger partial charge in [-0.15, -0.1) is 0 Å². The number of hydrogen-bond donors (Lipinski definition) is 1. The quantitative estimate of drug-likeness (QED) is 0.836. The lowest BCUT2D eigenvalue weighted by molar-refractivity contribution is -0.126. The first kappa shape index (κ1) is 18.9. The molecule has 0 aromatic carbocycles. The van der Waals surface area contributed by atoms with E-state index in [2.05, 4.69) is 20.1 Å². The van der Waals surface area contributed by atoms with Gasteiger partial charge < -0.3 is 15.1 Å². The van der Waals surface area contributed by atoms with Gasteiger partial charge in [0.05, 0.1) is 0 Å². The van der Waals surface area contributed by atoms with Gasteiger partial charge in [-0.2, -0.15) is 0 Å². The van der Waals surface area contributed by atoms with Gasteiger partial charge in [0.25, 0.3) is 0 Å². The van der Waals surface area contributed by atoms with Crippen molar-refractivity contribution < 1.29 is 4.79 Å². The molecule has 3 aliphatic rings. The van der Waals surface area contributed by atoms with Crippen molar-refractivity contribution in [1.82, 2.24) is 20.1 Å². The minimum Gasteiger partial charge on any atom is -0.352 e. The van der Waals surface area contributed by atoms with E-state index < -0.39 is 0 Å². The SMILES string of the molecule is O=C(NCc1cccnc1)C1CCN(C2CCN(CC3CCC3)CC2)CC1. The third-order valence-corrected chi connectivity index (χ3v) is 6.90. The molecule has 5 nitrogen and oxygen atoms in total. The number of carbonyl (C=O) groups excluding carboxylic acids is 1. The van der Waals surface area contributed by atoms with E-state index in [0.29, 0.717) is 6.54 Å². The van der Waals surface area contributed by atoms with Crippen LogP contribution < -0.4 is 5.32 Å². The summed E-state index contributed by atoms with van der Waals surface area (Å²) in [6.45, 7) is 6.63. The van der Waals surface area contributed by atoms with Crippen molar-refractivity contribution in [2.75, 3.05) is 32.7 Å². The molecule has 1 aromatic heterocycles. The Bertz CT molecular complexity index is 588. The molecule has 1 saturated carbocycles. The predicted molar refractivity (Wildman–Crippen MR) is 107 cm³/mol. The van der Waals surface area contributed by atoms with Gasteiger partial charge in [0, 0.05) is 37.4 Å². The van der Waals surface area contributed by atoms with Crippen LogP contribution in [0.25, 0.3) is 0 Å². The fourth-order valence-electron chi connectivity index (χ4n) is 4.87. The van der Waals surface area contributed by atoms with Crippen LogP contribution in [-0.4, -0.2) is 59.5 Å². The average molecular weight is 371 g/mol. The highest BCUT2D eigenvalue weighted by atomic mass is 16.1. The largest absolute Gasteiger partial charge is 0.352 e. The van der Waals surface area contributed by atoms with E-state index >= 15 is 0 Å². The molecular weight excluding hydrogens is 336 g/mol. The summed E-state index contributed by atoms with van der Waals surface area (Å²) in [6.07, 6.45) is 12.6. The minimum absolute atomic E-state index is 0.177. The number of rotatable bonds is 6. The van der Waals surface area contributed by atoms with Crippen molar-refractivity contribution in [1.29, 1.82) is 0 Å². The van der Waals surface area contributed by atoms with E-state index in [-0.39, 0.29) is 11.8 Å². The maximum absolute atomic E-state index is 12.5. The summed E-state index contributed by atoms with van der Waals surface area (Å²) in [4.78, 5) is 21.9. The normalized spacial score (nSPS) is 23.9. The molecule has 1 aliphatic carbocycles. The Morgan fingerprint density at radius 2 is 1.85 bits per heavy atom. The highest BCUT2D eigenvalue weighted by molar-refractivity contribution is 5.78. The molecule has 4 rings (SSSR count). The van der Waals surface area contributed by atoms with Crippen LogP contribution in [0.4, 0.5) is 0 Å². The lowest BCUT2D eigenvalue weighted by atomic mass is 9.84. The van der Waals surface area contributed by atoms with Crippen molar-refractivity contribution in [3.63, 3.8) is 0 Å². The number of piperidine rings is 2. The van der Waals surface area contributed by atoms with Crippen molar-refractivity contribution in [2.24, 2.45) is 11.8 Å². The minimum atomic E-state index is 0.177. The Morgan fingerprint density at radius 3 is 2.48 bits per heavy atom. The second kappa shape index (κ2) is 9.16. The van der Waals surface area contributed by atoms with E-state index in [1.807, 2.05) is 18.3 Å². The van der Waals surface area contributed by atoms with Gasteiger partial charge >= 0.3 is 0 Å². The molecule has 3 heterocycles. The van der Waals surface area contributed by atoms with E-state index in [1.165, 1.54) is 51.7 Å². The summed E-state index contributed by atoms with van der Waals surface area (Å²) in [5.41, 5.74) is 1.07. The highest BCUT2D eigenvalue weighted by Crippen LogP contribution is 2.29. The molecule has 5 heteroatoms. The second-order valence-electron chi connectivity index (χ2n) is 8.72. The molecular formula is C22H34N4O. The zero-order valence-electron chi connectivity index (χ0n) is 16.5. The third-order valence-electron chi connectivity index (χ3n) is 6.90. The third kappa shape index (κ3) is 5.08. The number of hydrogen-bond acceptors (Lipinski definition) is 4. The first-order valence-electron chi connectivity index (χ1n) is 10.9. The van der Waals surface area contributed by atoms with Gasteiger partial charge in [0.1, 0.15) is 0 Å².